The predicted molar refractivity (Wildman–Crippen MR) is 139 cm³/mol. The molecule has 0 spiro atoms. The van der Waals surface area contributed by atoms with E-state index in [1.165, 1.54) is 5.69 Å². The zero-order valence-corrected chi connectivity index (χ0v) is 20.4. The average Bonchev–Trinajstić information content (AvgIpc) is 3.34. The molecule has 0 aliphatic carbocycles. The first kappa shape index (κ1) is 24.1. The van der Waals surface area contributed by atoms with E-state index in [-0.39, 0.29) is 36.0 Å². The third-order valence-corrected chi connectivity index (χ3v) is 7.43. The number of rotatable bonds is 6. The Hall–Kier alpha value is -3.59. The second-order valence-electron chi connectivity index (χ2n) is 9.75. The number of carbonyl (C=O) groups is 3. The standard InChI is InChI=1S/C27H34N6O3/c34-25(32-15-13-31(14-16-32)22-9-5-2-6-10-22)12-11-23-18-28-26(35)24-17-21(19-33(23)24)30-27(36)29-20-7-3-1-4-8-20/h1-10,21,23-24H,11-19H2,(H,28,35)(H2,29,30,36)/t21-,23+,24-/m0/s1. The Labute approximate surface area is 211 Å². The van der Waals surface area contributed by atoms with Crippen LogP contribution in [0.2, 0.25) is 0 Å². The summed E-state index contributed by atoms with van der Waals surface area (Å²) in [5, 5.41) is 8.85. The van der Waals surface area contributed by atoms with Crippen LogP contribution in [0.4, 0.5) is 16.2 Å². The number of hydrogen-bond acceptors (Lipinski definition) is 5. The summed E-state index contributed by atoms with van der Waals surface area (Å²) in [6.07, 6.45) is 1.72. The van der Waals surface area contributed by atoms with Crippen molar-refractivity contribution < 1.29 is 14.4 Å². The van der Waals surface area contributed by atoms with Gasteiger partial charge in [-0.25, -0.2) is 4.79 Å². The summed E-state index contributed by atoms with van der Waals surface area (Å²) in [7, 11) is 0. The maximum Gasteiger partial charge on any atom is 0.319 e. The monoisotopic (exact) mass is 490 g/mol. The van der Waals surface area contributed by atoms with Crippen molar-refractivity contribution in [3.05, 3.63) is 60.7 Å². The van der Waals surface area contributed by atoms with Crippen LogP contribution in [0, 0.1) is 0 Å². The van der Waals surface area contributed by atoms with Crippen molar-refractivity contribution >= 4 is 29.2 Å². The van der Waals surface area contributed by atoms with Crippen LogP contribution >= 0.6 is 0 Å². The van der Waals surface area contributed by atoms with E-state index in [9.17, 15) is 14.4 Å². The topological polar surface area (TPSA) is 97.0 Å². The van der Waals surface area contributed by atoms with Gasteiger partial charge in [0.1, 0.15) is 0 Å². The van der Waals surface area contributed by atoms with Gasteiger partial charge in [0, 0.05) is 69.1 Å². The summed E-state index contributed by atoms with van der Waals surface area (Å²) in [5.74, 6) is 0.176. The molecule has 2 aromatic rings. The number of anilines is 2. The van der Waals surface area contributed by atoms with Gasteiger partial charge in [0.25, 0.3) is 0 Å². The number of piperazine rings is 2. The van der Waals surface area contributed by atoms with E-state index in [1.807, 2.05) is 53.4 Å². The van der Waals surface area contributed by atoms with E-state index in [0.29, 0.717) is 32.4 Å². The summed E-state index contributed by atoms with van der Waals surface area (Å²) in [4.78, 5) is 44.4. The summed E-state index contributed by atoms with van der Waals surface area (Å²) in [6, 6.07) is 19.0. The van der Waals surface area contributed by atoms with Crippen molar-refractivity contribution in [3.63, 3.8) is 0 Å². The normalized spacial score (nSPS) is 24.1. The summed E-state index contributed by atoms with van der Waals surface area (Å²) < 4.78 is 0. The molecule has 0 radical (unpaired) electrons. The highest BCUT2D eigenvalue weighted by Gasteiger charge is 2.44. The minimum Gasteiger partial charge on any atom is -0.368 e. The zero-order chi connectivity index (χ0) is 24.9. The molecule has 3 N–H and O–H groups in total. The molecule has 190 valence electrons. The fraction of sp³-hybridized carbons (Fsp3) is 0.444. The molecule has 5 rings (SSSR count). The van der Waals surface area contributed by atoms with Crippen LogP contribution in [0.15, 0.2) is 60.7 Å². The smallest absolute Gasteiger partial charge is 0.319 e. The van der Waals surface area contributed by atoms with Gasteiger partial charge in [-0.15, -0.1) is 0 Å². The van der Waals surface area contributed by atoms with Crippen LogP contribution in [-0.4, -0.2) is 85.0 Å². The fourth-order valence-corrected chi connectivity index (χ4v) is 5.52. The van der Waals surface area contributed by atoms with Gasteiger partial charge in [0.05, 0.1) is 6.04 Å². The summed E-state index contributed by atoms with van der Waals surface area (Å²) in [5.41, 5.74) is 1.92. The highest BCUT2D eigenvalue weighted by molar-refractivity contribution is 5.89. The Kier molecular flexibility index (Phi) is 7.36. The number of para-hydroxylation sites is 2. The third kappa shape index (κ3) is 5.62. The minimum absolute atomic E-state index is 0.00220. The first-order valence-corrected chi connectivity index (χ1v) is 12.8. The quantitative estimate of drug-likeness (QED) is 0.575. The highest BCUT2D eigenvalue weighted by Crippen LogP contribution is 2.26. The minimum atomic E-state index is -0.271. The Morgan fingerprint density at radius 1 is 0.944 bits per heavy atom. The van der Waals surface area contributed by atoms with E-state index >= 15 is 0 Å². The molecule has 3 aliphatic heterocycles. The van der Waals surface area contributed by atoms with Crippen molar-refractivity contribution in [1.82, 2.24) is 20.4 Å². The van der Waals surface area contributed by atoms with Crippen molar-refractivity contribution in [2.24, 2.45) is 0 Å². The van der Waals surface area contributed by atoms with Crippen molar-refractivity contribution in [2.75, 3.05) is 49.5 Å². The van der Waals surface area contributed by atoms with E-state index in [4.69, 9.17) is 0 Å². The second kappa shape index (κ2) is 11.0. The molecular formula is C27H34N6O3. The number of nitrogens with one attached hydrogen (secondary N) is 3. The van der Waals surface area contributed by atoms with Gasteiger partial charge in [-0.2, -0.15) is 0 Å². The molecule has 36 heavy (non-hydrogen) atoms. The molecule has 4 amide bonds. The Bertz CT molecular complexity index is 1060. The molecule has 3 atom stereocenters. The maximum absolute atomic E-state index is 13.0. The lowest BCUT2D eigenvalue weighted by atomic mass is 10.0. The van der Waals surface area contributed by atoms with Crippen LogP contribution in [0.25, 0.3) is 0 Å². The van der Waals surface area contributed by atoms with Crippen molar-refractivity contribution in [3.8, 4) is 0 Å². The molecule has 0 saturated carbocycles. The van der Waals surface area contributed by atoms with Gasteiger partial charge < -0.3 is 25.8 Å². The van der Waals surface area contributed by atoms with Crippen LogP contribution in [-0.2, 0) is 9.59 Å². The first-order chi connectivity index (χ1) is 17.6. The highest BCUT2D eigenvalue weighted by atomic mass is 16.2. The van der Waals surface area contributed by atoms with Crippen LogP contribution < -0.4 is 20.9 Å². The number of urea groups is 1. The van der Waals surface area contributed by atoms with Gasteiger partial charge in [0.15, 0.2) is 0 Å². The number of hydrogen-bond donors (Lipinski definition) is 3. The molecule has 2 aromatic carbocycles. The largest absolute Gasteiger partial charge is 0.368 e. The van der Waals surface area contributed by atoms with E-state index in [2.05, 4.69) is 37.9 Å². The molecule has 3 aliphatic rings. The van der Waals surface area contributed by atoms with Crippen LogP contribution in [0.3, 0.4) is 0 Å². The molecule has 3 saturated heterocycles. The third-order valence-electron chi connectivity index (χ3n) is 7.43. The van der Waals surface area contributed by atoms with Gasteiger partial charge >= 0.3 is 6.03 Å². The van der Waals surface area contributed by atoms with E-state index in [0.717, 1.165) is 31.9 Å². The van der Waals surface area contributed by atoms with Gasteiger partial charge in [-0.05, 0) is 37.1 Å². The number of carbonyl (C=O) groups excluding carboxylic acids is 3. The molecule has 0 bridgehead atoms. The molecule has 3 fully saturated rings. The number of fused-ring (bicyclic) bond motifs is 1. The number of benzene rings is 2. The first-order valence-electron chi connectivity index (χ1n) is 12.8. The van der Waals surface area contributed by atoms with E-state index in [1.54, 1.807) is 0 Å². The van der Waals surface area contributed by atoms with Crippen LogP contribution in [0.5, 0.6) is 0 Å². The second-order valence-corrected chi connectivity index (χ2v) is 9.75. The Balaban J connectivity index is 1.10. The SMILES string of the molecule is O=C(Nc1ccccc1)N[C@H]1C[C@H]2C(=O)NC[C@@H](CCC(=O)N3CCN(c4ccccc4)CC3)N2C1. The molecule has 9 nitrogen and oxygen atoms in total. The van der Waals surface area contributed by atoms with Crippen LogP contribution in [0.1, 0.15) is 19.3 Å². The zero-order valence-electron chi connectivity index (χ0n) is 20.4. The van der Waals surface area contributed by atoms with Crippen molar-refractivity contribution in [2.45, 2.75) is 37.4 Å². The summed E-state index contributed by atoms with van der Waals surface area (Å²) in [6.45, 7) is 4.26. The molecular weight excluding hydrogens is 456 g/mol. The lowest BCUT2D eigenvalue weighted by Gasteiger charge is -2.38. The van der Waals surface area contributed by atoms with Gasteiger partial charge in [-0.3, -0.25) is 14.5 Å². The fourth-order valence-electron chi connectivity index (χ4n) is 5.52. The molecule has 0 unspecified atom stereocenters. The van der Waals surface area contributed by atoms with Gasteiger partial charge in [-0.1, -0.05) is 36.4 Å². The maximum atomic E-state index is 13.0. The Morgan fingerprint density at radius 3 is 2.36 bits per heavy atom. The number of amides is 4. The average molecular weight is 491 g/mol. The van der Waals surface area contributed by atoms with Crippen molar-refractivity contribution in [1.29, 1.82) is 0 Å². The number of nitrogens with zero attached hydrogens (tertiary/aromatic N) is 3. The molecule has 0 aromatic heterocycles. The lowest BCUT2D eigenvalue weighted by Crippen LogP contribution is -2.58. The van der Waals surface area contributed by atoms with Gasteiger partial charge in [0.2, 0.25) is 11.8 Å². The predicted octanol–water partition coefficient (Wildman–Crippen LogP) is 1.88. The summed E-state index contributed by atoms with van der Waals surface area (Å²) >= 11 is 0. The molecule has 3 heterocycles. The lowest BCUT2D eigenvalue weighted by molar-refractivity contribution is -0.132. The van der Waals surface area contributed by atoms with E-state index < -0.39 is 0 Å². The Morgan fingerprint density at radius 2 is 1.64 bits per heavy atom. The molecule has 9 heteroatoms.